The normalized spacial score (nSPS) is 18.3. The van der Waals surface area contributed by atoms with Crippen LogP contribution in [-0.4, -0.2) is 44.2 Å². The molecule has 1 aliphatic heterocycles. The Balaban J connectivity index is 1.91. The molecule has 10 heteroatoms. The lowest BCUT2D eigenvalue weighted by atomic mass is 10.1. The molecule has 0 aromatic heterocycles. The van der Waals surface area contributed by atoms with E-state index >= 15 is 0 Å². The van der Waals surface area contributed by atoms with Crippen molar-refractivity contribution in [3.63, 3.8) is 0 Å². The highest BCUT2D eigenvalue weighted by molar-refractivity contribution is 8.19. The highest BCUT2D eigenvalue weighted by atomic mass is 32.2. The highest BCUT2D eigenvalue weighted by Gasteiger charge is 2.32. The minimum atomic E-state index is -0.609. The summed E-state index contributed by atoms with van der Waals surface area (Å²) in [6.45, 7) is 0. The van der Waals surface area contributed by atoms with Gasteiger partial charge in [0.1, 0.15) is 0 Å². The molecule has 1 saturated heterocycles. The second-order valence-electron chi connectivity index (χ2n) is 6.10. The number of methoxy groups -OCH3 is 4. The van der Waals surface area contributed by atoms with Crippen molar-refractivity contribution in [2.75, 3.05) is 34.2 Å². The van der Waals surface area contributed by atoms with Crippen molar-refractivity contribution in [2.24, 2.45) is 0 Å². The number of aromatic hydroxyl groups is 1. The van der Waals surface area contributed by atoms with Gasteiger partial charge in [-0.2, -0.15) is 0 Å². The fourth-order valence-corrected chi connectivity index (χ4v) is 6.34. The molecule has 8 nitrogen and oxygen atoms in total. The van der Waals surface area contributed by atoms with Gasteiger partial charge >= 0.3 is 5.69 Å². The van der Waals surface area contributed by atoms with E-state index in [0.717, 1.165) is 16.9 Å². The molecular formula is C19H21NO7S2. The fourth-order valence-electron chi connectivity index (χ4n) is 3.08. The number of thioether (sulfide) groups is 2. The van der Waals surface area contributed by atoms with Crippen LogP contribution in [0.15, 0.2) is 24.3 Å². The number of phenolic OH excluding ortho intramolecular Hbond substituents is 1. The summed E-state index contributed by atoms with van der Waals surface area (Å²) in [5.41, 5.74) is 1.37. The Labute approximate surface area is 176 Å². The lowest BCUT2D eigenvalue weighted by Gasteiger charge is -2.17. The Bertz CT molecular complexity index is 897. The van der Waals surface area contributed by atoms with Crippen LogP contribution in [0.5, 0.6) is 28.7 Å². The molecule has 0 spiro atoms. The Morgan fingerprint density at radius 2 is 1.55 bits per heavy atom. The molecule has 1 aliphatic rings. The van der Waals surface area contributed by atoms with Gasteiger partial charge in [-0.25, -0.2) is 0 Å². The van der Waals surface area contributed by atoms with E-state index in [-0.39, 0.29) is 21.3 Å². The van der Waals surface area contributed by atoms with Gasteiger partial charge in [-0.15, -0.1) is 23.5 Å². The van der Waals surface area contributed by atoms with Crippen LogP contribution in [-0.2, 0) is 0 Å². The number of rotatable bonds is 7. The molecule has 29 heavy (non-hydrogen) atoms. The second-order valence-corrected chi connectivity index (χ2v) is 8.85. The van der Waals surface area contributed by atoms with Crippen LogP contribution in [0.2, 0.25) is 0 Å². The molecule has 0 amide bonds. The Hall–Kier alpha value is -2.46. The number of phenols is 1. The monoisotopic (exact) mass is 439 g/mol. The van der Waals surface area contributed by atoms with E-state index in [0.29, 0.717) is 17.2 Å². The van der Waals surface area contributed by atoms with Crippen molar-refractivity contribution < 1.29 is 29.0 Å². The first kappa shape index (κ1) is 21.3. The van der Waals surface area contributed by atoms with Gasteiger partial charge in [-0.3, -0.25) is 10.1 Å². The zero-order chi connectivity index (χ0) is 21.1. The van der Waals surface area contributed by atoms with E-state index in [1.165, 1.54) is 13.2 Å². The van der Waals surface area contributed by atoms with Gasteiger partial charge in [-0.1, -0.05) is 0 Å². The summed E-state index contributed by atoms with van der Waals surface area (Å²) in [7, 11) is 6.07. The van der Waals surface area contributed by atoms with Crippen molar-refractivity contribution in [2.45, 2.75) is 9.83 Å². The van der Waals surface area contributed by atoms with Crippen molar-refractivity contribution in [3.05, 3.63) is 45.5 Å². The summed E-state index contributed by atoms with van der Waals surface area (Å²) in [6.07, 6.45) is 0. The number of hydrogen-bond acceptors (Lipinski definition) is 9. The van der Waals surface area contributed by atoms with E-state index in [4.69, 9.17) is 18.9 Å². The maximum absolute atomic E-state index is 11.3. The molecule has 1 fully saturated rings. The molecule has 0 aliphatic carbocycles. The maximum Gasteiger partial charge on any atom is 0.315 e. The molecule has 1 heterocycles. The van der Waals surface area contributed by atoms with E-state index in [1.807, 2.05) is 12.1 Å². The second kappa shape index (κ2) is 8.91. The smallest absolute Gasteiger partial charge is 0.315 e. The van der Waals surface area contributed by atoms with Crippen LogP contribution in [0.4, 0.5) is 5.69 Å². The van der Waals surface area contributed by atoms with Crippen LogP contribution in [0.3, 0.4) is 0 Å². The van der Waals surface area contributed by atoms with E-state index in [1.54, 1.807) is 50.9 Å². The molecule has 156 valence electrons. The zero-order valence-corrected chi connectivity index (χ0v) is 18.0. The average molecular weight is 440 g/mol. The highest BCUT2D eigenvalue weighted by Crippen LogP contribution is 2.58. The summed E-state index contributed by atoms with van der Waals surface area (Å²) >= 11 is 3.34. The number of nitrogens with zero attached hydrogens (tertiary/aromatic N) is 1. The van der Waals surface area contributed by atoms with E-state index < -0.39 is 10.7 Å². The molecule has 2 aromatic rings. The van der Waals surface area contributed by atoms with Crippen molar-refractivity contribution in [1.82, 2.24) is 0 Å². The van der Waals surface area contributed by atoms with Gasteiger partial charge in [0.2, 0.25) is 11.5 Å². The molecule has 2 atom stereocenters. The van der Waals surface area contributed by atoms with E-state index in [9.17, 15) is 15.2 Å². The molecule has 0 radical (unpaired) electrons. The van der Waals surface area contributed by atoms with Gasteiger partial charge in [0.25, 0.3) is 0 Å². The number of ether oxygens (including phenoxy) is 4. The predicted molar refractivity (Wildman–Crippen MR) is 113 cm³/mol. The minimum Gasteiger partial charge on any atom is -0.500 e. The topological polar surface area (TPSA) is 100 Å². The molecule has 0 bridgehead atoms. The minimum absolute atomic E-state index is 0.0488. The number of nitro groups is 1. The predicted octanol–water partition coefficient (Wildman–Crippen LogP) is 4.55. The van der Waals surface area contributed by atoms with Gasteiger partial charge < -0.3 is 24.1 Å². The summed E-state index contributed by atoms with van der Waals surface area (Å²) < 4.78 is 21.3. The molecule has 2 aromatic carbocycles. The molecule has 1 N–H and O–H groups in total. The largest absolute Gasteiger partial charge is 0.500 e. The van der Waals surface area contributed by atoms with Gasteiger partial charge in [0, 0.05) is 17.1 Å². The Morgan fingerprint density at radius 1 is 0.966 bits per heavy atom. The van der Waals surface area contributed by atoms with Crippen LogP contribution >= 0.6 is 23.5 Å². The van der Waals surface area contributed by atoms with Gasteiger partial charge in [0.05, 0.1) is 37.9 Å². The lowest BCUT2D eigenvalue weighted by molar-refractivity contribution is -0.386. The number of hydrogen-bond donors (Lipinski definition) is 1. The molecule has 0 unspecified atom stereocenters. The summed E-state index contributed by atoms with van der Waals surface area (Å²) in [4.78, 5) is 10.7. The maximum atomic E-state index is 11.3. The Kier molecular flexibility index (Phi) is 6.53. The van der Waals surface area contributed by atoms with Crippen LogP contribution in [0, 0.1) is 10.1 Å². The summed E-state index contributed by atoms with van der Waals surface area (Å²) in [6, 6.07) is 6.88. The SMILES string of the molecule is COc1cc([C@@H]2SC[C@@H](c3cc(OC)c(OC)c(OC)c3)S2)cc([N+](=O)[O-])c1O. The number of nitro benzene ring substituents is 1. The van der Waals surface area contributed by atoms with Gasteiger partial charge in [0.15, 0.2) is 17.2 Å². The first-order valence-corrected chi connectivity index (χ1v) is 10.5. The van der Waals surface area contributed by atoms with Crippen molar-refractivity contribution >= 4 is 29.2 Å². The molecular weight excluding hydrogens is 418 g/mol. The van der Waals surface area contributed by atoms with Crippen molar-refractivity contribution in [3.8, 4) is 28.7 Å². The van der Waals surface area contributed by atoms with Crippen LogP contribution < -0.4 is 18.9 Å². The summed E-state index contributed by atoms with van der Waals surface area (Å²) in [5, 5.41) is 21.4. The zero-order valence-electron chi connectivity index (χ0n) is 16.3. The van der Waals surface area contributed by atoms with Gasteiger partial charge in [-0.05, 0) is 29.3 Å². The molecule has 3 rings (SSSR count). The fraction of sp³-hybridized carbons (Fsp3) is 0.368. The third-order valence-electron chi connectivity index (χ3n) is 4.51. The molecule has 0 saturated carbocycles. The third-order valence-corrected chi connectivity index (χ3v) is 7.85. The quantitative estimate of drug-likeness (QED) is 0.492. The first-order valence-electron chi connectivity index (χ1n) is 8.55. The lowest BCUT2D eigenvalue weighted by Crippen LogP contribution is -1.99. The van der Waals surface area contributed by atoms with E-state index in [2.05, 4.69) is 0 Å². The third kappa shape index (κ3) is 4.13. The average Bonchev–Trinajstić information content (AvgIpc) is 3.22. The van der Waals surface area contributed by atoms with Crippen molar-refractivity contribution in [1.29, 1.82) is 0 Å². The van der Waals surface area contributed by atoms with Crippen LogP contribution in [0.25, 0.3) is 0 Å². The standard InChI is InChI=1S/C19H21NO7S2/c1-24-13-8-11(5-12(17(13)21)20(22)23)19-28-9-16(29-19)10-6-14(25-2)18(27-4)15(7-10)26-3/h5-8,16,19,21H,9H2,1-4H3/t16-,19+/m0/s1. The van der Waals surface area contributed by atoms with Crippen LogP contribution in [0.1, 0.15) is 21.0 Å². The first-order chi connectivity index (χ1) is 13.9. The number of benzene rings is 2. The Morgan fingerprint density at radius 3 is 2.07 bits per heavy atom. The summed E-state index contributed by atoms with van der Waals surface area (Å²) in [5.74, 6) is 2.12.